The van der Waals surface area contributed by atoms with Gasteiger partial charge in [-0.05, 0) is 43.5 Å². The SMILES string of the molecule is COc1ccc(CCN2CCC[C@@H]2C(=O)O)cc1.Cl. The molecule has 106 valence electrons. The largest absolute Gasteiger partial charge is 0.497 e. The van der Waals surface area contributed by atoms with Crippen LogP contribution in [0.1, 0.15) is 18.4 Å². The van der Waals surface area contributed by atoms with Crippen LogP contribution in [-0.2, 0) is 11.2 Å². The molecule has 1 aliphatic rings. The smallest absolute Gasteiger partial charge is 0.320 e. The van der Waals surface area contributed by atoms with Gasteiger partial charge in [-0.15, -0.1) is 12.4 Å². The average Bonchev–Trinajstić information content (AvgIpc) is 2.85. The molecule has 1 atom stereocenters. The molecule has 2 rings (SSSR count). The number of methoxy groups -OCH3 is 1. The van der Waals surface area contributed by atoms with Crippen molar-refractivity contribution in [2.24, 2.45) is 0 Å². The van der Waals surface area contributed by atoms with Crippen molar-refractivity contribution in [2.45, 2.75) is 25.3 Å². The lowest BCUT2D eigenvalue weighted by atomic mass is 10.1. The summed E-state index contributed by atoms with van der Waals surface area (Å²) in [5, 5.41) is 9.09. The molecule has 0 bridgehead atoms. The molecule has 0 aromatic heterocycles. The number of carboxylic acid groups (broad SMARTS) is 1. The van der Waals surface area contributed by atoms with E-state index in [4.69, 9.17) is 9.84 Å². The molecule has 1 N–H and O–H groups in total. The number of ether oxygens (including phenoxy) is 1. The van der Waals surface area contributed by atoms with Gasteiger partial charge in [0.15, 0.2) is 0 Å². The zero-order valence-electron chi connectivity index (χ0n) is 11.0. The van der Waals surface area contributed by atoms with Crippen molar-refractivity contribution in [3.05, 3.63) is 29.8 Å². The topological polar surface area (TPSA) is 49.8 Å². The Labute approximate surface area is 119 Å². The van der Waals surface area contributed by atoms with Gasteiger partial charge in [-0.25, -0.2) is 0 Å². The molecular weight excluding hydrogens is 266 g/mol. The second-order valence-corrected chi connectivity index (χ2v) is 4.63. The summed E-state index contributed by atoms with van der Waals surface area (Å²) in [6, 6.07) is 7.65. The molecule has 0 aliphatic carbocycles. The van der Waals surface area contributed by atoms with Crippen LogP contribution in [0.15, 0.2) is 24.3 Å². The minimum Gasteiger partial charge on any atom is -0.497 e. The van der Waals surface area contributed by atoms with E-state index in [2.05, 4.69) is 4.90 Å². The first kappa shape index (κ1) is 15.8. The van der Waals surface area contributed by atoms with Crippen molar-refractivity contribution in [1.29, 1.82) is 0 Å². The number of benzene rings is 1. The molecule has 1 fully saturated rings. The summed E-state index contributed by atoms with van der Waals surface area (Å²) in [4.78, 5) is 13.1. The van der Waals surface area contributed by atoms with Gasteiger partial charge in [0.1, 0.15) is 11.8 Å². The van der Waals surface area contributed by atoms with E-state index in [9.17, 15) is 4.79 Å². The van der Waals surface area contributed by atoms with E-state index in [1.807, 2.05) is 24.3 Å². The fourth-order valence-electron chi connectivity index (χ4n) is 2.44. The number of aliphatic carboxylic acids is 1. The third kappa shape index (κ3) is 4.11. The monoisotopic (exact) mass is 285 g/mol. The Morgan fingerprint density at radius 1 is 1.42 bits per heavy atom. The number of hydrogen-bond acceptors (Lipinski definition) is 3. The fourth-order valence-corrected chi connectivity index (χ4v) is 2.44. The van der Waals surface area contributed by atoms with Gasteiger partial charge in [-0.3, -0.25) is 9.69 Å². The lowest BCUT2D eigenvalue weighted by Crippen LogP contribution is -2.37. The second-order valence-electron chi connectivity index (χ2n) is 4.63. The maximum atomic E-state index is 11.0. The van der Waals surface area contributed by atoms with Crippen LogP contribution >= 0.6 is 12.4 Å². The summed E-state index contributed by atoms with van der Waals surface area (Å²) in [5.41, 5.74) is 1.21. The van der Waals surface area contributed by atoms with Crippen LogP contribution in [0, 0.1) is 0 Å². The van der Waals surface area contributed by atoms with E-state index in [1.54, 1.807) is 7.11 Å². The summed E-state index contributed by atoms with van der Waals surface area (Å²) in [6.45, 7) is 1.70. The molecule has 1 aliphatic heterocycles. The minimum atomic E-state index is -0.692. The first-order chi connectivity index (χ1) is 8.70. The second kappa shape index (κ2) is 7.36. The third-order valence-electron chi connectivity index (χ3n) is 3.50. The number of hydrogen-bond donors (Lipinski definition) is 1. The molecule has 0 amide bonds. The van der Waals surface area contributed by atoms with Crippen molar-refractivity contribution in [3.8, 4) is 5.75 Å². The van der Waals surface area contributed by atoms with Crippen LogP contribution in [0.4, 0.5) is 0 Å². The van der Waals surface area contributed by atoms with Crippen LogP contribution < -0.4 is 4.74 Å². The number of rotatable bonds is 5. The van der Waals surface area contributed by atoms with Gasteiger partial charge in [0.25, 0.3) is 0 Å². The van der Waals surface area contributed by atoms with Gasteiger partial charge >= 0.3 is 5.97 Å². The normalized spacial score (nSPS) is 18.9. The summed E-state index contributed by atoms with van der Waals surface area (Å²) in [5.74, 6) is 0.158. The molecule has 19 heavy (non-hydrogen) atoms. The summed E-state index contributed by atoms with van der Waals surface area (Å²) >= 11 is 0. The van der Waals surface area contributed by atoms with Crippen molar-refractivity contribution in [3.63, 3.8) is 0 Å². The van der Waals surface area contributed by atoms with E-state index in [0.717, 1.165) is 38.1 Å². The maximum absolute atomic E-state index is 11.0. The summed E-state index contributed by atoms with van der Waals surface area (Å²) < 4.78 is 5.11. The van der Waals surface area contributed by atoms with Crippen molar-refractivity contribution in [1.82, 2.24) is 4.90 Å². The quantitative estimate of drug-likeness (QED) is 0.901. The number of carboxylic acids is 1. The Kier molecular flexibility index (Phi) is 6.12. The highest BCUT2D eigenvalue weighted by atomic mass is 35.5. The molecule has 0 unspecified atom stereocenters. The Bertz CT molecular complexity index is 408. The number of likely N-dealkylation sites (tertiary alicyclic amines) is 1. The van der Waals surface area contributed by atoms with E-state index in [0.29, 0.717) is 0 Å². The van der Waals surface area contributed by atoms with Crippen LogP contribution in [0.2, 0.25) is 0 Å². The molecule has 5 heteroatoms. The average molecular weight is 286 g/mol. The fraction of sp³-hybridized carbons (Fsp3) is 0.500. The third-order valence-corrected chi connectivity index (χ3v) is 3.50. The zero-order chi connectivity index (χ0) is 13.0. The van der Waals surface area contributed by atoms with Crippen molar-refractivity contribution < 1.29 is 14.6 Å². The highest BCUT2D eigenvalue weighted by Gasteiger charge is 2.29. The standard InChI is InChI=1S/C14H19NO3.ClH/c1-18-12-6-4-11(5-7-12)8-10-15-9-2-3-13(15)14(16)17;/h4-7,13H,2-3,8-10H2,1H3,(H,16,17);1H/t13-;/m1./s1. The molecule has 4 nitrogen and oxygen atoms in total. The van der Waals surface area contributed by atoms with Crippen LogP contribution in [0.5, 0.6) is 5.75 Å². The van der Waals surface area contributed by atoms with Crippen molar-refractivity contribution in [2.75, 3.05) is 20.2 Å². The van der Waals surface area contributed by atoms with E-state index < -0.39 is 5.97 Å². The summed E-state index contributed by atoms with van der Waals surface area (Å²) in [7, 11) is 1.65. The highest BCUT2D eigenvalue weighted by Crippen LogP contribution is 2.18. The van der Waals surface area contributed by atoms with E-state index >= 15 is 0 Å². The lowest BCUT2D eigenvalue weighted by molar-refractivity contribution is -0.142. The van der Waals surface area contributed by atoms with E-state index in [-0.39, 0.29) is 18.4 Å². The number of nitrogens with zero attached hydrogens (tertiary/aromatic N) is 1. The molecular formula is C14H20ClNO3. The molecule has 1 aromatic rings. The van der Waals surface area contributed by atoms with Gasteiger partial charge < -0.3 is 9.84 Å². The minimum absolute atomic E-state index is 0. The van der Waals surface area contributed by atoms with Crippen LogP contribution in [0.3, 0.4) is 0 Å². The van der Waals surface area contributed by atoms with Crippen LogP contribution in [0.25, 0.3) is 0 Å². The Balaban J connectivity index is 0.00000180. The first-order valence-electron chi connectivity index (χ1n) is 6.30. The number of carbonyl (C=O) groups is 1. The predicted octanol–water partition coefficient (Wildman–Crippen LogP) is 2.21. The highest BCUT2D eigenvalue weighted by molar-refractivity contribution is 5.85. The Hall–Kier alpha value is -1.26. The van der Waals surface area contributed by atoms with Crippen LogP contribution in [-0.4, -0.2) is 42.2 Å². The van der Waals surface area contributed by atoms with Crippen molar-refractivity contribution >= 4 is 18.4 Å². The lowest BCUT2D eigenvalue weighted by Gasteiger charge is -2.20. The Morgan fingerprint density at radius 3 is 2.68 bits per heavy atom. The van der Waals surface area contributed by atoms with Gasteiger partial charge in [0.05, 0.1) is 7.11 Å². The van der Waals surface area contributed by atoms with Gasteiger partial charge in [-0.2, -0.15) is 0 Å². The molecule has 1 aromatic carbocycles. The maximum Gasteiger partial charge on any atom is 0.320 e. The molecule has 0 spiro atoms. The molecule has 1 saturated heterocycles. The Morgan fingerprint density at radius 2 is 2.11 bits per heavy atom. The van der Waals surface area contributed by atoms with Gasteiger partial charge in [0, 0.05) is 6.54 Å². The van der Waals surface area contributed by atoms with E-state index in [1.165, 1.54) is 5.56 Å². The molecule has 0 radical (unpaired) electrons. The first-order valence-corrected chi connectivity index (χ1v) is 6.30. The number of halogens is 1. The summed E-state index contributed by atoms with van der Waals surface area (Å²) in [6.07, 6.45) is 2.64. The van der Waals surface area contributed by atoms with Gasteiger partial charge in [-0.1, -0.05) is 12.1 Å². The molecule has 0 saturated carbocycles. The van der Waals surface area contributed by atoms with Gasteiger partial charge in [0.2, 0.25) is 0 Å². The predicted molar refractivity (Wildman–Crippen MR) is 76.2 cm³/mol. The zero-order valence-corrected chi connectivity index (χ0v) is 11.9. The molecule has 1 heterocycles.